The quantitative estimate of drug-likeness (QED) is 0.247. The molecule has 6 heteroatoms. The fourth-order valence-electron chi connectivity index (χ4n) is 4.31. The van der Waals surface area contributed by atoms with E-state index in [0.717, 1.165) is 68.0 Å². The Kier molecular flexibility index (Phi) is 17.9. The zero-order valence-electron chi connectivity index (χ0n) is 25.8. The third kappa shape index (κ3) is 15.2. The average Bonchev–Trinajstić information content (AvgIpc) is 3.40. The fraction of sp³-hybridized carbons (Fsp3) is 0.588. The first-order chi connectivity index (χ1) is 19.0. The highest BCUT2D eigenvalue weighted by molar-refractivity contribution is 5.85. The molecule has 1 fully saturated rings. The smallest absolute Gasteiger partial charge is 0.326 e. The predicted octanol–water partition coefficient (Wildman–Crippen LogP) is 6.94. The standard InChI is InChI=1S/C26H34N2O4.2C4H10/c29-19-21-10-6-12-23(17-21)22-11-5-9-20(16-22)8-3-1-2-4-14-27-18-25(30)28-15-7-13-24(28)26(31)32;2*1-4(2)3/h5-6,9-12,16-17,24,27,29H,1-4,7-8,13-15,18-19H2,(H,31,32);2*4H,1-3H3. The number of aliphatic hydroxyl groups is 1. The highest BCUT2D eigenvalue weighted by Crippen LogP contribution is 2.23. The van der Waals surface area contributed by atoms with E-state index in [1.807, 2.05) is 18.2 Å². The number of carboxylic acids is 1. The maximum absolute atomic E-state index is 12.2. The number of nitrogens with zero attached hydrogens (tertiary/aromatic N) is 1. The van der Waals surface area contributed by atoms with Gasteiger partial charge in [-0.05, 0) is 78.8 Å². The van der Waals surface area contributed by atoms with E-state index >= 15 is 0 Å². The number of carboxylic acid groups (broad SMARTS) is 1. The topological polar surface area (TPSA) is 89.9 Å². The minimum absolute atomic E-state index is 0.0532. The van der Waals surface area contributed by atoms with Crippen molar-refractivity contribution in [3.63, 3.8) is 0 Å². The largest absolute Gasteiger partial charge is 0.480 e. The summed E-state index contributed by atoms with van der Waals surface area (Å²) in [7, 11) is 0. The van der Waals surface area contributed by atoms with Crippen molar-refractivity contribution in [2.75, 3.05) is 19.6 Å². The van der Waals surface area contributed by atoms with Crippen LogP contribution in [0, 0.1) is 11.8 Å². The molecule has 1 saturated heterocycles. The van der Waals surface area contributed by atoms with E-state index < -0.39 is 12.0 Å². The lowest BCUT2D eigenvalue weighted by molar-refractivity contribution is -0.147. The molecule has 1 amide bonds. The summed E-state index contributed by atoms with van der Waals surface area (Å²) in [4.78, 5) is 24.9. The molecule has 0 radical (unpaired) electrons. The van der Waals surface area contributed by atoms with Crippen molar-refractivity contribution in [1.82, 2.24) is 10.2 Å². The van der Waals surface area contributed by atoms with Crippen molar-refractivity contribution < 1.29 is 19.8 Å². The van der Waals surface area contributed by atoms with Crippen molar-refractivity contribution in [2.24, 2.45) is 11.8 Å². The first kappa shape index (κ1) is 35.3. The number of hydrogen-bond acceptors (Lipinski definition) is 4. The highest BCUT2D eigenvalue weighted by atomic mass is 16.4. The predicted molar refractivity (Wildman–Crippen MR) is 166 cm³/mol. The van der Waals surface area contributed by atoms with Crippen molar-refractivity contribution in [3.8, 4) is 11.1 Å². The van der Waals surface area contributed by atoms with E-state index in [-0.39, 0.29) is 19.1 Å². The molecule has 6 nitrogen and oxygen atoms in total. The number of carbonyl (C=O) groups excluding carboxylic acids is 1. The Balaban J connectivity index is 0.000000883. The number of aliphatic hydroxyl groups excluding tert-OH is 1. The van der Waals surface area contributed by atoms with E-state index in [1.54, 1.807) is 0 Å². The van der Waals surface area contributed by atoms with Crippen molar-refractivity contribution in [2.45, 2.75) is 99.1 Å². The summed E-state index contributed by atoms with van der Waals surface area (Å²) in [6, 6.07) is 15.9. The van der Waals surface area contributed by atoms with Gasteiger partial charge in [0.2, 0.25) is 5.91 Å². The van der Waals surface area contributed by atoms with Crippen LogP contribution in [-0.2, 0) is 22.6 Å². The minimum atomic E-state index is -0.903. The summed E-state index contributed by atoms with van der Waals surface area (Å²) in [5, 5.41) is 21.7. The van der Waals surface area contributed by atoms with Gasteiger partial charge in [0.1, 0.15) is 6.04 Å². The lowest BCUT2D eigenvalue weighted by Gasteiger charge is -2.21. The molecular weight excluding hydrogens is 500 g/mol. The monoisotopic (exact) mass is 554 g/mol. The van der Waals surface area contributed by atoms with Gasteiger partial charge >= 0.3 is 5.97 Å². The third-order valence-electron chi connectivity index (χ3n) is 6.07. The first-order valence-corrected chi connectivity index (χ1v) is 15.1. The van der Waals surface area contributed by atoms with Crippen LogP contribution in [-0.4, -0.2) is 52.7 Å². The maximum atomic E-state index is 12.2. The zero-order chi connectivity index (χ0) is 29.9. The molecule has 3 N–H and O–H groups in total. The van der Waals surface area contributed by atoms with Gasteiger partial charge in [-0.1, -0.05) is 96.8 Å². The van der Waals surface area contributed by atoms with Gasteiger partial charge in [0.05, 0.1) is 13.2 Å². The highest BCUT2D eigenvalue weighted by Gasteiger charge is 2.33. The molecule has 0 saturated carbocycles. The van der Waals surface area contributed by atoms with E-state index in [4.69, 9.17) is 0 Å². The third-order valence-corrected chi connectivity index (χ3v) is 6.07. The number of unbranched alkanes of at least 4 members (excludes halogenated alkanes) is 3. The number of nitrogens with one attached hydrogen (secondary N) is 1. The second-order valence-electron chi connectivity index (χ2n) is 11.9. The molecule has 0 spiro atoms. The van der Waals surface area contributed by atoms with Crippen LogP contribution in [0.5, 0.6) is 0 Å². The second-order valence-corrected chi connectivity index (χ2v) is 11.9. The van der Waals surface area contributed by atoms with Crippen molar-refractivity contribution in [3.05, 3.63) is 59.7 Å². The van der Waals surface area contributed by atoms with Crippen LogP contribution >= 0.6 is 0 Å². The molecule has 1 heterocycles. The Morgan fingerprint density at radius 3 is 2.00 bits per heavy atom. The molecule has 3 rings (SSSR count). The van der Waals surface area contributed by atoms with Crippen LogP contribution < -0.4 is 5.32 Å². The molecule has 40 heavy (non-hydrogen) atoms. The lowest BCUT2D eigenvalue weighted by Crippen LogP contribution is -2.44. The van der Waals surface area contributed by atoms with Gasteiger partial charge in [-0.2, -0.15) is 0 Å². The number of hydrogen-bond donors (Lipinski definition) is 3. The summed E-state index contributed by atoms with van der Waals surface area (Å²) < 4.78 is 0. The Hall–Kier alpha value is -2.70. The summed E-state index contributed by atoms with van der Waals surface area (Å²) in [6.07, 6.45) is 6.70. The first-order valence-electron chi connectivity index (χ1n) is 15.1. The lowest BCUT2D eigenvalue weighted by atomic mass is 9.99. The van der Waals surface area contributed by atoms with E-state index in [0.29, 0.717) is 13.0 Å². The van der Waals surface area contributed by atoms with Gasteiger partial charge < -0.3 is 20.4 Å². The van der Waals surface area contributed by atoms with Gasteiger partial charge in [0.25, 0.3) is 0 Å². The number of aryl methyl sites for hydroxylation is 1. The van der Waals surface area contributed by atoms with E-state index in [1.165, 1.54) is 16.0 Å². The summed E-state index contributed by atoms with van der Waals surface area (Å²) in [5.74, 6) is 0.652. The molecule has 0 bridgehead atoms. The second kappa shape index (κ2) is 20.2. The molecule has 0 aliphatic carbocycles. The van der Waals surface area contributed by atoms with E-state index in [2.05, 4.69) is 77.2 Å². The number of carbonyl (C=O) groups is 2. The number of aliphatic carboxylic acids is 1. The van der Waals surface area contributed by atoms with Gasteiger partial charge in [-0.15, -0.1) is 0 Å². The van der Waals surface area contributed by atoms with Crippen LogP contribution in [0.25, 0.3) is 11.1 Å². The molecule has 1 unspecified atom stereocenters. The van der Waals surface area contributed by atoms with Crippen molar-refractivity contribution in [1.29, 1.82) is 0 Å². The molecule has 1 atom stereocenters. The Labute approximate surface area is 243 Å². The van der Waals surface area contributed by atoms with Crippen LogP contribution in [0.1, 0.15) is 91.2 Å². The minimum Gasteiger partial charge on any atom is -0.480 e. The molecule has 224 valence electrons. The van der Waals surface area contributed by atoms with Crippen molar-refractivity contribution >= 4 is 11.9 Å². The number of rotatable bonds is 12. The maximum Gasteiger partial charge on any atom is 0.326 e. The van der Waals surface area contributed by atoms with Crippen LogP contribution in [0.3, 0.4) is 0 Å². The summed E-state index contributed by atoms with van der Waals surface area (Å²) in [6.45, 7) is 14.6. The van der Waals surface area contributed by atoms with Gasteiger partial charge in [-0.3, -0.25) is 4.79 Å². The average molecular weight is 555 g/mol. The Morgan fingerprint density at radius 2 is 1.43 bits per heavy atom. The number of amides is 1. The Bertz CT molecular complexity index is 978. The van der Waals surface area contributed by atoms with Crippen LogP contribution in [0.4, 0.5) is 0 Å². The van der Waals surface area contributed by atoms with Gasteiger partial charge in [0, 0.05) is 6.54 Å². The molecule has 1 aliphatic rings. The van der Waals surface area contributed by atoms with Crippen LogP contribution in [0.2, 0.25) is 0 Å². The molecule has 1 aliphatic heterocycles. The summed E-state index contributed by atoms with van der Waals surface area (Å²) >= 11 is 0. The Morgan fingerprint density at radius 1 is 0.875 bits per heavy atom. The van der Waals surface area contributed by atoms with Gasteiger partial charge in [0.15, 0.2) is 0 Å². The number of benzene rings is 2. The molecular formula is C34H54N2O4. The molecule has 0 aromatic heterocycles. The zero-order valence-corrected chi connectivity index (χ0v) is 25.8. The summed E-state index contributed by atoms with van der Waals surface area (Å²) in [5.41, 5.74) is 4.54. The number of likely N-dealkylation sites (tertiary alicyclic amines) is 1. The molecule has 2 aromatic rings. The fourth-order valence-corrected chi connectivity index (χ4v) is 4.31. The normalized spacial score (nSPS) is 14.4. The molecule has 2 aromatic carbocycles. The van der Waals surface area contributed by atoms with Gasteiger partial charge in [-0.25, -0.2) is 4.79 Å². The van der Waals surface area contributed by atoms with E-state index in [9.17, 15) is 19.8 Å². The SMILES string of the molecule is CC(C)C.CC(C)C.O=C(O)C1CCCN1C(=O)CNCCCCCCc1cccc(-c2cccc(CO)c2)c1. The van der Waals surface area contributed by atoms with Crippen LogP contribution in [0.15, 0.2) is 48.5 Å².